The molecule has 1 aliphatic carbocycles. The highest BCUT2D eigenvalue weighted by molar-refractivity contribution is 7.99. The summed E-state index contributed by atoms with van der Waals surface area (Å²) in [6.45, 7) is 4.13. The van der Waals surface area contributed by atoms with Crippen molar-refractivity contribution in [2.24, 2.45) is 0 Å². The summed E-state index contributed by atoms with van der Waals surface area (Å²) < 4.78 is 2.01. The number of hydrogen-bond acceptors (Lipinski definition) is 5. The molecule has 6 nitrogen and oxygen atoms in total. The minimum Gasteiger partial charge on any atom is -0.353 e. The standard InChI is InChI=1S/C22H25N5OS/c1-15-10-11-16(2)19(13-15)27-21(18-9-5-6-12-23-18)25-26-22(27)29-14-20(28)24-17-7-3-4-8-17/h5-6,9-13,17H,3-4,7-8,14H2,1-2H3,(H,24,28). The van der Waals surface area contributed by atoms with E-state index < -0.39 is 0 Å². The van der Waals surface area contributed by atoms with Crippen LogP contribution in [0.4, 0.5) is 0 Å². The lowest BCUT2D eigenvalue weighted by Gasteiger charge is -2.14. The van der Waals surface area contributed by atoms with Crippen molar-refractivity contribution >= 4 is 17.7 Å². The quantitative estimate of drug-likeness (QED) is 0.623. The smallest absolute Gasteiger partial charge is 0.230 e. The Morgan fingerprint density at radius 2 is 2.00 bits per heavy atom. The summed E-state index contributed by atoms with van der Waals surface area (Å²) in [4.78, 5) is 16.9. The summed E-state index contributed by atoms with van der Waals surface area (Å²) in [6, 6.07) is 12.4. The van der Waals surface area contributed by atoms with Crippen LogP contribution in [-0.4, -0.2) is 37.5 Å². The fourth-order valence-corrected chi connectivity index (χ4v) is 4.43. The highest BCUT2D eigenvalue weighted by Gasteiger charge is 2.21. The van der Waals surface area contributed by atoms with E-state index in [0.717, 1.165) is 35.3 Å². The van der Waals surface area contributed by atoms with Gasteiger partial charge in [-0.25, -0.2) is 0 Å². The van der Waals surface area contributed by atoms with Gasteiger partial charge in [0.2, 0.25) is 5.91 Å². The fraction of sp³-hybridized carbons (Fsp3) is 0.364. The van der Waals surface area contributed by atoms with Crippen molar-refractivity contribution in [2.75, 3.05) is 5.75 Å². The molecule has 29 heavy (non-hydrogen) atoms. The first-order valence-corrected chi connectivity index (χ1v) is 11.0. The minimum absolute atomic E-state index is 0.0526. The molecule has 2 heterocycles. The monoisotopic (exact) mass is 407 g/mol. The molecule has 0 unspecified atom stereocenters. The number of aryl methyl sites for hydroxylation is 2. The molecule has 2 aromatic heterocycles. The molecule has 0 spiro atoms. The SMILES string of the molecule is Cc1ccc(C)c(-n2c(SCC(=O)NC3CCCC3)nnc2-c2ccccn2)c1. The molecule has 1 N–H and O–H groups in total. The Bertz CT molecular complexity index is 996. The molecule has 3 aromatic rings. The van der Waals surface area contributed by atoms with E-state index in [0.29, 0.717) is 22.8 Å². The van der Waals surface area contributed by atoms with Crippen molar-refractivity contribution < 1.29 is 4.79 Å². The maximum absolute atomic E-state index is 12.4. The second-order valence-corrected chi connectivity index (χ2v) is 8.43. The second kappa shape index (κ2) is 8.78. The van der Waals surface area contributed by atoms with Crippen LogP contribution < -0.4 is 5.32 Å². The molecule has 0 atom stereocenters. The Morgan fingerprint density at radius 3 is 2.76 bits per heavy atom. The molecule has 1 aromatic carbocycles. The lowest BCUT2D eigenvalue weighted by molar-refractivity contribution is -0.119. The lowest BCUT2D eigenvalue weighted by atomic mass is 10.1. The van der Waals surface area contributed by atoms with Crippen molar-refractivity contribution in [3.63, 3.8) is 0 Å². The zero-order valence-electron chi connectivity index (χ0n) is 16.8. The highest BCUT2D eigenvalue weighted by atomic mass is 32.2. The number of pyridine rings is 1. The van der Waals surface area contributed by atoms with Gasteiger partial charge in [-0.1, -0.05) is 42.8 Å². The molecule has 150 valence electrons. The number of hydrogen-bond donors (Lipinski definition) is 1. The van der Waals surface area contributed by atoms with Crippen LogP contribution in [0, 0.1) is 13.8 Å². The molecule has 4 rings (SSSR count). The first-order valence-electron chi connectivity index (χ1n) is 9.98. The molecule has 1 fully saturated rings. The Kier molecular flexibility index (Phi) is 5.94. The van der Waals surface area contributed by atoms with E-state index in [1.165, 1.54) is 24.6 Å². The average Bonchev–Trinajstić information content (AvgIpc) is 3.38. The fourth-order valence-electron chi connectivity index (χ4n) is 3.67. The molecule has 0 radical (unpaired) electrons. The third-order valence-corrected chi connectivity index (χ3v) is 6.11. The largest absolute Gasteiger partial charge is 0.353 e. The molecule has 1 saturated carbocycles. The van der Waals surface area contributed by atoms with Crippen LogP contribution in [0.2, 0.25) is 0 Å². The van der Waals surface area contributed by atoms with Crippen LogP contribution in [0.25, 0.3) is 17.2 Å². The number of carbonyl (C=O) groups excluding carboxylic acids is 1. The van der Waals surface area contributed by atoms with Crippen molar-refractivity contribution in [3.8, 4) is 17.2 Å². The Hall–Kier alpha value is -2.67. The maximum atomic E-state index is 12.4. The van der Waals surface area contributed by atoms with E-state index >= 15 is 0 Å². The van der Waals surface area contributed by atoms with E-state index in [-0.39, 0.29) is 5.91 Å². The molecule has 0 bridgehead atoms. The van der Waals surface area contributed by atoms with Crippen LogP contribution in [0.15, 0.2) is 47.8 Å². The molecule has 1 amide bonds. The Balaban J connectivity index is 1.64. The van der Waals surface area contributed by atoms with E-state index in [9.17, 15) is 4.79 Å². The van der Waals surface area contributed by atoms with Gasteiger partial charge >= 0.3 is 0 Å². The van der Waals surface area contributed by atoms with Crippen LogP contribution in [0.5, 0.6) is 0 Å². The summed E-state index contributed by atoms with van der Waals surface area (Å²) in [5.74, 6) is 1.05. The van der Waals surface area contributed by atoms with Gasteiger partial charge in [0.05, 0.1) is 11.4 Å². The lowest BCUT2D eigenvalue weighted by Crippen LogP contribution is -2.33. The van der Waals surface area contributed by atoms with Crippen LogP contribution in [0.1, 0.15) is 36.8 Å². The predicted molar refractivity (Wildman–Crippen MR) is 115 cm³/mol. The van der Waals surface area contributed by atoms with E-state index in [4.69, 9.17) is 0 Å². The molecule has 0 aliphatic heterocycles. The number of rotatable bonds is 6. The van der Waals surface area contributed by atoms with Gasteiger partial charge in [-0.3, -0.25) is 14.3 Å². The third kappa shape index (κ3) is 4.50. The van der Waals surface area contributed by atoms with Gasteiger partial charge in [-0.05, 0) is 56.0 Å². The number of aromatic nitrogens is 4. The first kappa shape index (κ1) is 19.6. The van der Waals surface area contributed by atoms with E-state index in [2.05, 4.69) is 52.5 Å². The maximum Gasteiger partial charge on any atom is 0.230 e. The van der Waals surface area contributed by atoms with Gasteiger partial charge in [-0.2, -0.15) is 0 Å². The minimum atomic E-state index is 0.0526. The number of nitrogens with one attached hydrogen (secondary N) is 1. The number of carbonyl (C=O) groups is 1. The normalized spacial score (nSPS) is 14.3. The van der Waals surface area contributed by atoms with E-state index in [1.54, 1.807) is 6.20 Å². The van der Waals surface area contributed by atoms with E-state index in [1.807, 2.05) is 22.8 Å². The van der Waals surface area contributed by atoms with Crippen LogP contribution in [-0.2, 0) is 4.79 Å². The van der Waals surface area contributed by atoms with Crippen molar-refractivity contribution in [2.45, 2.75) is 50.7 Å². The van der Waals surface area contributed by atoms with Crippen molar-refractivity contribution in [3.05, 3.63) is 53.7 Å². The first-order chi connectivity index (χ1) is 14.1. The third-order valence-electron chi connectivity index (χ3n) is 5.19. The summed E-state index contributed by atoms with van der Waals surface area (Å²) in [5.41, 5.74) is 4.03. The molecule has 0 saturated heterocycles. The van der Waals surface area contributed by atoms with Crippen LogP contribution in [0.3, 0.4) is 0 Å². The number of nitrogens with zero attached hydrogens (tertiary/aromatic N) is 4. The van der Waals surface area contributed by atoms with Crippen molar-refractivity contribution in [1.82, 2.24) is 25.1 Å². The molecule has 1 aliphatic rings. The van der Waals surface area contributed by atoms with Gasteiger partial charge < -0.3 is 5.32 Å². The Labute approximate surface area is 175 Å². The summed E-state index contributed by atoms with van der Waals surface area (Å²) in [7, 11) is 0. The summed E-state index contributed by atoms with van der Waals surface area (Å²) in [5, 5.41) is 12.6. The molecule has 7 heteroatoms. The molecular formula is C22H25N5OS. The number of thioether (sulfide) groups is 1. The zero-order chi connectivity index (χ0) is 20.2. The van der Waals surface area contributed by atoms with Gasteiger partial charge in [0.15, 0.2) is 11.0 Å². The molecular weight excluding hydrogens is 382 g/mol. The predicted octanol–water partition coefficient (Wildman–Crippen LogP) is 4.10. The van der Waals surface area contributed by atoms with Gasteiger partial charge in [0.1, 0.15) is 5.69 Å². The summed E-state index contributed by atoms with van der Waals surface area (Å²) in [6.07, 6.45) is 6.32. The average molecular weight is 408 g/mol. The topological polar surface area (TPSA) is 72.7 Å². The Morgan fingerprint density at radius 1 is 1.17 bits per heavy atom. The van der Waals surface area contributed by atoms with Crippen LogP contribution >= 0.6 is 11.8 Å². The number of amides is 1. The van der Waals surface area contributed by atoms with Gasteiger partial charge in [0.25, 0.3) is 0 Å². The second-order valence-electron chi connectivity index (χ2n) is 7.48. The van der Waals surface area contributed by atoms with Gasteiger partial charge in [0, 0.05) is 12.2 Å². The summed E-state index contributed by atoms with van der Waals surface area (Å²) >= 11 is 1.41. The van der Waals surface area contributed by atoms with Crippen molar-refractivity contribution in [1.29, 1.82) is 0 Å². The highest BCUT2D eigenvalue weighted by Crippen LogP contribution is 2.29. The zero-order valence-corrected chi connectivity index (χ0v) is 17.6. The number of benzene rings is 1. The van der Waals surface area contributed by atoms with Gasteiger partial charge in [-0.15, -0.1) is 10.2 Å².